The summed E-state index contributed by atoms with van der Waals surface area (Å²) < 4.78 is 50.6. The van der Waals surface area contributed by atoms with Crippen LogP contribution in [0.15, 0.2) is 18.2 Å². The van der Waals surface area contributed by atoms with Crippen molar-refractivity contribution in [3.05, 3.63) is 35.1 Å². The summed E-state index contributed by atoms with van der Waals surface area (Å²) in [5, 5.41) is 9.65. The van der Waals surface area contributed by atoms with Crippen LogP contribution in [0.1, 0.15) is 37.5 Å². The average Bonchev–Trinajstić information content (AvgIpc) is 2.15. The summed E-state index contributed by atoms with van der Waals surface area (Å²) in [4.78, 5) is 0. The van der Waals surface area contributed by atoms with Crippen LogP contribution in [-0.4, -0.2) is 5.11 Å². The second-order valence-electron chi connectivity index (χ2n) is 4.38. The highest BCUT2D eigenvalue weighted by molar-refractivity contribution is 5.28. The molecule has 0 aliphatic rings. The summed E-state index contributed by atoms with van der Waals surface area (Å²) in [6.07, 6.45) is -5.52. The van der Waals surface area contributed by atoms with Crippen LogP contribution in [-0.2, 0) is 6.18 Å². The Morgan fingerprint density at radius 1 is 1.24 bits per heavy atom. The van der Waals surface area contributed by atoms with Gasteiger partial charge in [-0.05, 0) is 30.5 Å². The van der Waals surface area contributed by atoms with Gasteiger partial charge in [0.25, 0.3) is 0 Å². The molecule has 0 aromatic heterocycles. The first-order valence-corrected chi connectivity index (χ1v) is 5.26. The molecule has 1 N–H and O–H groups in total. The molecule has 0 saturated carbocycles. The van der Waals surface area contributed by atoms with Crippen molar-refractivity contribution < 1.29 is 22.7 Å². The second-order valence-corrected chi connectivity index (χ2v) is 4.38. The van der Waals surface area contributed by atoms with Crippen molar-refractivity contribution in [3.63, 3.8) is 0 Å². The third kappa shape index (κ3) is 3.70. The zero-order chi connectivity index (χ0) is 13.2. The molecule has 0 heterocycles. The van der Waals surface area contributed by atoms with Gasteiger partial charge in [0.1, 0.15) is 5.82 Å². The van der Waals surface area contributed by atoms with Gasteiger partial charge in [-0.15, -0.1) is 0 Å². The van der Waals surface area contributed by atoms with E-state index in [2.05, 4.69) is 0 Å². The number of benzene rings is 1. The third-order valence-corrected chi connectivity index (χ3v) is 2.38. The summed E-state index contributed by atoms with van der Waals surface area (Å²) >= 11 is 0. The Morgan fingerprint density at radius 3 is 2.29 bits per heavy atom. The van der Waals surface area contributed by atoms with Gasteiger partial charge in [0.15, 0.2) is 0 Å². The highest BCUT2D eigenvalue weighted by Gasteiger charge is 2.31. The Hall–Kier alpha value is -1.10. The largest absolute Gasteiger partial charge is 0.416 e. The van der Waals surface area contributed by atoms with E-state index in [4.69, 9.17) is 0 Å². The van der Waals surface area contributed by atoms with Crippen molar-refractivity contribution in [1.29, 1.82) is 0 Å². The predicted octanol–water partition coefficient (Wildman–Crippen LogP) is 3.92. The maximum absolute atomic E-state index is 13.3. The third-order valence-electron chi connectivity index (χ3n) is 2.38. The molecule has 17 heavy (non-hydrogen) atoms. The number of aliphatic hydroxyl groups is 1. The molecule has 0 amide bonds. The van der Waals surface area contributed by atoms with Gasteiger partial charge in [-0.2, -0.15) is 13.2 Å². The fraction of sp³-hybridized carbons (Fsp3) is 0.500. The molecule has 1 unspecified atom stereocenters. The fourth-order valence-corrected chi connectivity index (χ4v) is 1.55. The van der Waals surface area contributed by atoms with Crippen LogP contribution >= 0.6 is 0 Å². The molecule has 96 valence electrons. The maximum Gasteiger partial charge on any atom is 0.416 e. The molecule has 0 saturated heterocycles. The smallest absolute Gasteiger partial charge is 0.388 e. The van der Waals surface area contributed by atoms with Crippen molar-refractivity contribution >= 4 is 0 Å². The molecule has 1 rings (SSSR count). The van der Waals surface area contributed by atoms with Gasteiger partial charge in [0.05, 0.1) is 11.7 Å². The summed E-state index contributed by atoms with van der Waals surface area (Å²) in [5.41, 5.74) is -1.25. The van der Waals surface area contributed by atoms with E-state index in [1.807, 2.05) is 0 Å². The summed E-state index contributed by atoms with van der Waals surface area (Å²) in [6, 6.07) is 2.07. The molecule has 0 radical (unpaired) electrons. The zero-order valence-corrected chi connectivity index (χ0v) is 9.55. The molecule has 0 aliphatic carbocycles. The standard InChI is InChI=1S/C12H14F4O/c1-7(2)5-11(17)9-6-8(12(14,15)16)3-4-10(9)13/h3-4,6-7,11,17H,5H2,1-2H3. The van der Waals surface area contributed by atoms with Crippen molar-refractivity contribution in [1.82, 2.24) is 0 Å². The topological polar surface area (TPSA) is 20.2 Å². The van der Waals surface area contributed by atoms with Gasteiger partial charge in [0, 0.05) is 5.56 Å². The van der Waals surface area contributed by atoms with Crippen LogP contribution in [0, 0.1) is 11.7 Å². The number of hydrogen-bond acceptors (Lipinski definition) is 1. The number of alkyl halides is 3. The Kier molecular flexibility index (Phi) is 4.14. The minimum atomic E-state index is -4.53. The SMILES string of the molecule is CC(C)CC(O)c1cc(C(F)(F)F)ccc1F. The quantitative estimate of drug-likeness (QED) is 0.806. The molecule has 5 heteroatoms. The Labute approximate surface area is 97.1 Å². The highest BCUT2D eigenvalue weighted by Crippen LogP contribution is 2.33. The van der Waals surface area contributed by atoms with Crippen LogP contribution in [0.2, 0.25) is 0 Å². The number of aliphatic hydroxyl groups excluding tert-OH is 1. The summed E-state index contributed by atoms with van der Waals surface area (Å²) in [7, 11) is 0. The normalized spacial score (nSPS) is 14.1. The molecule has 0 aliphatic heterocycles. The Bertz CT molecular complexity index is 385. The lowest BCUT2D eigenvalue weighted by atomic mass is 9.97. The highest BCUT2D eigenvalue weighted by atomic mass is 19.4. The lowest BCUT2D eigenvalue weighted by Crippen LogP contribution is -2.09. The van der Waals surface area contributed by atoms with E-state index in [-0.39, 0.29) is 17.9 Å². The maximum atomic E-state index is 13.3. The molecular formula is C12H14F4O. The number of hydrogen-bond donors (Lipinski definition) is 1. The predicted molar refractivity (Wildman–Crippen MR) is 55.8 cm³/mol. The van der Waals surface area contributed by atoms with E-state index in [0.29, 0.717) is 12.1 Å². The van der Waals surface area contributed by atoms with E-state index < -0.39 is 23.7 Å². The minimum absolute atomic E-state index is 0.0685. The van der Waals surface area contributed by atoms with Gasteiger partial charge in [-0.25, -0.2) is 4.39 Å². The van der Waals surface area contributed by atoms with Crippen LogP contribution < -0.4 is 0 Å². The molecule has 1 atom stereocenters. The second kappa shape index (κ2) is 5.04. The van der Waals surface area contributed by atoms with Crippen LogP contribution in [0.25, 0.3) is 0 Å². The lowest BCUT2D eigenvalue weighted by Gasteiger charge is -2.16. The van der Waals surface area contributed by atoms with Crippen LogP contribution in [0.5, 0.6) is 0 Å². The first-order valence-electron chi connectivity index (χ1n) is 5.26. The van der Waals surface area contributed by atoms with Crippen LogP contribution in [0.3, 0.4) is 0 Å². The van der Waals surface area contributed by atoms with Crippen molar-refractivity contribution in [2.24, 2.45) is 5.92 Å². The summed E-state index contributed by atoms with van der Waals surface area (Å²) in [6.45, 7) is 3.60. The Balaban J connectivity index is 3.06. The number of rotatable bonds is 3. The zero-order valence-electron chi connectivity index (χ0n) is 9.55. The number of halogens is 4. The first kappa shape index (κ1) is 14.0. The minimum Gasteiger partial charge on any atom is -0.388 e. The van der Waals surface area contributed by atoms with Crippen molar-refractivity contribution in [3.8, 4) is 0 Å². The molecule has 1 aromatic carbocycles. The van der Waals surface area contributed by atoms with Gasteiger partial charge >= 0.3 is 6.18 Å². The van der Waals surface area contributed by atoms with E-state index in [1.165, 1.54) is 0 Å². The fourth-order valence-electron chi connectivity index (χ4n) is 1.55. The van der Waals surface area contributed by atoms with Gasteiger partial charge in [-0.3, -0.25) is 0 Å². The van der Waals surface area contributed by atoms with Gasteiger partial charge < -0.3 is 5.11 Å². The van der Waals surface area contributed by atoms with Gasteiger partial charge in [-0.1, -0.05) is 13.8 Å². The average molecular weight is 250 g/mol. The van der Waals surface area contributed by atoms with E-state index in [1.54, 1.807) is 13.8 Å². The molecule has 0 spiro atoms. The molecule has 0 bridgehead atoms. The first-order chi connectivity index (χ1) is 7.71. The van der Waals surface area contributed by atoms with E-state index in [9.17, 15) is 22.7 Å². The van der Waals surface area contributed by atoms with E-state index >= 15 is 0 Å². The molecule has 1 nitrogen and oxygen atoms in total. The van der Waals surface area contributed by atoms with Crippen molar-refractivity contribution in [2.45, 2.75) is 32.5 Å². The monoisotopic (exact) mass is 250 g/mol. The molecule has 0 fully saturated rings. The molecular weight excluding hydrogens is 236 g/mol. The summed E-state index contributed by atoms with van der Waals surface area (Å²) in [5.74, 6) is -0.745. The van der Waals surface area contributed by atoms with E-state index in [0.717, 1.165) is 6.07 Å². The molecule has 1 aromatic rings. The lowest BCUT2D eigenvalue weighted by molar-refractivity contribution is -0.137. The van der Waals surface area contributed by atoms with Crippen molar-refractivity contribution in [2.75, 3.05) is 0 Å². The van der Waals surface area contributed by atoms with Crippen LogP contribution in [0.4, 0.5) is 17.6 Å². The van der Waals surface area contributed by atoms with Gasteiger partial charge in [0.2, 0.25) is 0 Å². The Morgan fingerprint density at radius 2 is 1.82 bits per heavy atom.